The summed E-state index contributed by atoms with van der Waals surface area (Å²) in [5, 5.41) is 11.5. The number of likely N-dealkylation sites (N-methyl/N-ethyl adjacent to an activating group) is 1. The molecule has 17 heavy (non-hydrogen) atoms. The number of carbonyl (C=O) groups excluding carboxylic acids is 1. The summed E-state index contributed by atoms with van der Waals surface area (Å²) in [6, 6.07) is 0. The lowest BCUT2D eigenvalue weighted by molar-refractivity contribution is -0.144. The van der Waals surface area contributed by atoms with Crippen LogP contribution in [0, 0.1) is 0 Å². The van der Waals surface area contributed by atoms with Crippen LogP contribution < -0.4 is 5.32 Å². The molecule has 0 saturated carbocycles. The van der Waals surface area contributed by atoms with Gasteiger partial charge < -0.3 is 20.1 Å². The Balaban J connectivity index is 4.67. The predicted octanol–water partition coefficient (Wildman–Crippen LogP) is 0.916. The van der Waals surface area contributed by atoms with Crippen LogP contribution in [-0.2, 0) is 9.53 Å². The fourth-order valence-electron chi connectivity index (χ4n) is 1.32. The molecular formula is C11H22N2O4. The van der Waals surface area contributed by atoms with Crippen molar-refractivity contribution in [3.63, 3.8) is 0 Å². The van der Waals surface area contributed by atoms with E-state index in [1.165, 1.54) is 6.92 Å². The molecule has 0 spiro atoms. The van der Waals surface area contributed by atoms with Gasteiger partial charge in [-0.25, -0.2) is 9.59 Å². The van der Waals surface area contributed by atoms with Gasteiger partial charge >= 0.3 is 12.1 Å². The third kappa shape index (κ3) is 6.11. The van der Waals surface area contributed by atoms with E-state index in [-0.39, 0.29) is 6.54 Å². The van der Waals surface area contributed by atoms with Crippen LogP contribution in [0.25, 0.3) is 0 Å². The summed E-state index contributed by atoms with van der Waals surface area (Å²) >= 11 is 0. The standard InChI is InChI=1S/C11H22N2O4/c1-10(2,3)17-9(16)12-11(4,8(14)15)7-13(5)6/h7H2,1-6H3,(H,12,16)(H,14,15). The van der Waals surface area contributed by atoms with Crippen LogP contribution in [0.1, 0.15) is 27.7 Å². The number of nitrogens with one attached hydrogen (secondary N) is 1. The first-order valence-corrected chi connectivity index (χ1v) is 5.35. The zero-order chi connectivity index (χ0) is 13.9. The van der Waals surface area contributed by atoms with Gasteiger partial charge in [-0.1, -0.05) is 0 Å². The Morgan fingerprint density at radius 3 is 2.00 bits per heavy atom. The second-order valence-electron chi connectivity index (χ2n) is 5.50. The van der Waals surface area contributed by atoms with Gasteiger partial charge in [0.05, 0.1) is 0 Å². The van der Waals surface area contributed by atoms with Crippen LogP contribution in [-0.4, -0.2) is 53.8 Å². The van der Waals surface area contributed by atoms with Gasteiger partial charge in [0, 0.05) is 6.54 Å². The number of carboxylic acid groups (broad SMARTS) is 1. The van der Waals surface area contributed by atoms with Crippen LogP contribution in [0.15, 0.2) is 0 Å². The zero-order valence-corrected chi connectivity index (χ0v) is 11.3. The molecule has 0 aromatic rings. The molecule has 0 aliphatic carbocycles. The minimum absolute atomic E-state index is 0.182. The highest BCUT2D eigenvalue weighted by atomic mass is 16.6. The summed E-state index contributed by atoms with van der Waals surface area (Å²) in [5.74, 6) is -1.10. The van der Waals surface area contributed by atoms with E-state index in [9.17, 15) is 9.59 Å². The van der Waals surface area contributed by atoms with Gasteiger partial charge in [0.15, 0.2) is 5.54 Å². The lowest BCUT2D eigenvalue weighted by atomic mass is 10.0. The molecule has 1 atom stereocenters. The second-order valence-corrected chi connectivity index (χ2v) is 5.50. The molecule has 1 amide bonds. The number of alkyl carbamates (subject to hydrolysis) is 1. The van der Waals surface area contributed by atoms with Gasteiger partial charge in [-0.15, -0.1) is 0 Å². The van der Waals surface area contributed by atoms with Crippen LogP contribution in [0.2, 0.25) is 0 Å². The van der Waals surface area contributed by atoms with E-state index in [0.717, 1.165) is 0 Å². The second kappa shape index (κ2) is 5.35. The number of carboxylic acids is 1. The van der Waals surface area contributed by atoms with Crippen molar-refractivity contribution < 1.29 is 19.4 Å². The largest absolute Gasteiger partial charge is 0.479 e. The molecule has 0 aliphatic rings. The van der Waals surface area contributed by atoms with E-state index in [1.54, 1.807) is 39.8 Å². The first-order chi connectivity index (χ1) is 7.46. The third-order valence-corrected chi connectivity index (χ3v) is 1.88. The van der Waals surface area contributed by atoms with Crippen molar-refractivity contribution in [2.24, 2.45) is 0 Å². The van der Waals surface area contributed by atoms with Crippen molar-refractivity contribution in [3.8, 4) is 0 Å². The first-order valence-electron chi connectivity index (χ1n) is 5.35. The van der Waals surface area contributed by atoms with Crippen molar-refractivity contribution in [2.75, 3.05) is 20.6 Å². The van der Waals surface area contributed by atoms with Crippen LogP contribution in [0.3, 0.4) is 0 Å². The van der Waals surface area contributed by atoms with E-state index in [4.69, 9.17) is 9.84 Å². The molecule has 6 heteroatoms. The summed E-state index contributed by atoms with van der Waals surface area (Å²) in [6.07, 6.45) is -0.732. The lowest BCUT2D eigenvalue weighted by Gasteiger charge is -2.30. The molecular weight excluding hydrogens is 224 g/mol. The maximum atomic E-state index is 11.5. The smallest absolute Gasteiger partial charge is 0.408 e. The average molecular weight is 246 g/mol. The van der Waals surface area contributed by atoms with Gasteiger partial charge in [0.1, 0.15) is 5.60 Å². The van der Waals surface area contributed by atoms with Gasteiger partial charge in [0.25, 0.3) is 0 Å². The molecule has 0 radical (unpaired) electrons. The molecule has 0 fully saturated rings. The Kier molecular flexibility index (Phi) is 4.94. The first kappa shape index (κ1) is 15.7. The van der Waals surface area contributed by atoms with Gasteiger partial charge in [-0.05, 0) is 41.8 Å². The molecule has 0 aromatic carbocycles. The van der Waals surface area contributed by atoms with Gasteiger partial charge in [-0.3, -0.25) is 0 Å². The van der Waals surface area contributed by atoms with Crippen molar-refractivity contribution in [2.45, 2.75) is 38.8 Å². The molecule has 100 valence electrons. The fourth-order valence-corrected chi connectivity index (χ4v) is 1.32. The summed E-state index contributed by atoms with van der Waals surface area (Å²) in [6.45, 7) is 6.78. The normalized spacial score (nSPS) is 15.2. The SMILES string of the molecule is CN(C)CC(C)(NC(=O)OC(C)(C)C)C(=O)O. The number of aliphatic carboxylic acids is 1. The molecule has 0 heterocycles. The van der Waals surface area contributed by atoms with Crippen molar-refractivity contribution in [1.29, 1.82) is 0 Å². The summed E-state index contributed by atoms with van der Waals surface area (Å²) in [4.78, 5) is 24.4. The average Bonchev–Trinajstić information content (AvgIpc) is 1.96. The van der Waals surface area contributed by atoms with E-state index in [1.807, 2.05) is 0 Å². The highest BCUT2D eigenvalue weighted by Crippen LogP contribution is 2.10. The lowest BCUT2D eigenvalue weighted by Crippen LogP contribution is -2.58. The molecule has 0 aromatic heterocycles. The van der Waals surface area contributed by atoms with Crippen molar-refractivity contribution >= 4 is 12.1 Å². The molecule has 0 bridgehead atoms. The number of hydrogen-bond donors (Lipinski definition) is 2. The molecule has 6 nitrogen and oxygen atoms in total. The Morgan fingerprint density at radius 1 is 1.24 bits per heavy atom. The number of rotatable bonds is 4. The summed E-state index contributed by atoms with van der Waals surface area (Å²) < 4.78 is 5.03. The monoisotopic (exact) mass is 246 g/mol. The number of hydrogen-bond acceptors (Lipinski definition) is 4. The Bertz CT molecular complexity index is 296. The molecule has 0 saturated heterocycles. The van der Waals surface area contributed by atoms with E-state index in [2.05, 4.69) is 5.32 Å². The third-order valence-electron chi connectivity index (χ3n) is 1.88. The number of nitrogens with zero attached hydrogens (tertiary/aromatic N) is 1. The molecule has 2 N–H and O–H groups in total. The number of ether oxygens (including phenoxy) is 1. The van der Waals surface area contributed by atoms with Crippen LogP contribution in [0.4, 0.5) is 4.79 Å². The van der Waals surface area contributed by atoms with E-state index in [0.29, 0.717) is 0 Å². The number of carbonyl (C=O) groups is 2. The van der Waals surface area contributed by atoms with Gasteiger partial charge in [-0.2, -0.15) is 0 Å². The quantitative estimate of drug-likeness (QED) is 0.771. The molecule has 0 rings (SSSR count). The maximum Gasteiger partial charge on any atom is 0.408 e. The zero-order valence-electron chi connectivity index (χ0n) is 11.3. The molecule has 1 unspecified atom stereocenters. The minimum atomic E-state index is -1.37. The van der Waals surface area contributed by atoms with Crippen LogP contribution >= 0.6 is 0 Å². The minimum Gasteiger partial charge on any atom is -0.479 e. The summed E-state index contributed by atoms with van der Waals surface area (Å²) in [7, 11) is 3.47. The maximum absolute atomic E-state index is 11.5. The van der Waals surface area contributed by atoms with Crippen molar-refractivity contribution in [1.82, 2.24) is 10.2 Å². The molecule has 0 aliphatic heterocycles. The highest BCUT2D eigenvalue weighted by Gasteiger charge is 2.36. The Hall–Kier alpha value is -1.30. The van der Waals surface area contributed by atoms with E-state index >= 15 is 0 Å². The van der Waals surface area contributed by atoms with Crippen LogP contribution in [0.5, 0.6) is 0 Å². The number of amides is 1. The Labute approximate surface area is 102 Å². The predicted molar refractivity (Wildman–Crippen MR) is 64.0 cm³/mol. The fraction of sp³-hybridized carbons (Fsp3) is 0.818. The highest BCUT2D eigenvalue weighted by molar-refractivity contribution is 5.84. The topological polar surface area (TPSA) is 78.9 Å². The summed E-state index contributed by atoms with van der Waals surface area (Å²) in [5.41, 5.74) is -2.02. The van der Waals surface area contributed by atoms with E-state index < -0.39 is 23.2 Å². The Morgan fingerprint density at radius 2 is 1.71 bits per heavy atom. The van der Waals surface area contributed by atoms with Crippen molar-refractivity contribution in [3.05, 3.63) is 0 Å². The van der Waals surface area contributed by atoms with Gasteiger partial charge in [0.2, 0.25) is 0 Å².